The Morgan fingerprint density at radius 1 is 1.12 bits per heavy atom. The highest BCUT2D eigenvalue weighted by Crippen LogP contribution is 2.20. The molecule has 0 saturated carbocycles. The maximum Gasteiger partial charge on any atom is 0.255 e. The lowest BCUT2D eigenvalue weighted by Gasteiger charge is -2.13. The van der Waals surface area contributed by atoms with Crippen molar-refractivity contribution in [3.8, 4) is 5.75 Å². The van der Waals surface area contributed by atoms with E-state index >= 15 is 0 Å². The standard InChI is InChI=1S/C17H19N3O2.2ClH/c18-15-3-1-2-4-16(15)20-17(21)12-5-7-13(8-6-12)22-14-9-10-19-11-14;;/h1-8,14,19H,9-11,18H2,(H,20,21);2*1H/t14-;;/m0../s1. The van der Waals surface area contributed by atoms with Crippen molar-refractivity contribution >= 4 is 42.1 Å². The molecule has 0 aliphatic carbocycles. The van der Waals surface area contributed by atoms with E-state index in [0.717, 1.165) is 25.3 Å². The number of nitrogen functional groups attached to an aromatic ring is 1. The fourth-order valence-electron chi connectivity index (χ4n) is 2.41. The molecule has 130 valence electrons. The number of amides is 1. The largest absolute Gasteiger partial charge is 0.489 e. The third kappa shape index (κ3) is 5.03. The Hall–Kier alpha value is -1.95. The number of hydrogen-bond donors (Lipinski definition) is 3. The van der Waals surface area contributed by atoms with Gasteiger partial charge in [0, 0.05) is 12.1 Å². The van der Waals surface area contributed by atoms with Crippen molar-refractivity contribution in [2.24, 2.45) is 0 Å². The molecule has 1 aliphatic heterocycles. The van der Waals surface area contributed by atoms with Gasteiger partial charge in [0.15, 0.2) is 0 Å². The second-order valence-electron chi connectivity index (χ2n) is 5.30. The first-order chi connectivity index (χ1) is 10.7. The Morgan fingerprint density at radius 2 is 1.83 bits per heavy atom. The van der Waals surface area contributed by atoms with Crippen molar-refractivity contribution in [1.29, 1.82) is 0 Å². The summed E-state index contributed by atoms with van der Waals surface area (Å²) in [6, 6.07) is 14.3. The van der Waals surface area contributed by atoms with E-state index in [1.54, 1.807) is 24.3 Å². The van der Waals surface area contributed by atoms with Crippen LogP contribution in [-0.2, 0) is 0 Å². The van der Waals surface area contributed by atoms with Crippen LogP contribution in [0.1, 0.15) is 16.8 Å². The average molecular weight is 370 g/mol. The number of ether oxygens (including phenoxy) is 1. The molecule has 0 spiro atoms. The molecule has 0 aromatic heterocycles. The lowest BCUT2D eigenvalue weighted by atomic mass is 10.2. The molecule has 4 N–H and O–H groups in total. The van der Waals surface area contributed by atoms with Crippen molar-refractivity contribution < 1.29 is 9.53 Å². The van der Waals surface area contributed by atoms with Crippen LogP contribution in [0.5, 0.6) is 5.75 Å². The molecule has 3 rings (SSSR count). The molecule has 5 nitrogen and oxygen atoms in total. The van der Waals surface area contributed by atoms with Crippen LogP contribution in [0.4, 0.5) is 11.4 Å². The minimum absolute atomic E-state index is 0. The molecule has 0 unspecified atom stereocenters. The van der Waals surface area contributed by atoms with Gasteiger partial charge in [0.1, 0.15) is 11.9 Å². The van der Waals surface area contributed by atoms with Crippen LogP contribution in [0.25, 0.3) is 0 Å². The number of anilines is 2. The topological polar surface area (TPSA) is 76.4 Å². The number of nitrogens with one attached hydrogen (secondary N) is 2. The summed E-state index contributed by atoms with van der Waals surface area (Å²) in [4.78, 5) is 12.2. The molecule has 1 amide bonds. The van der Waals surface area contributed by atoms with E-state index in [0.29, 0.717) is 16.9 Å². The van der Waals surface area contributed by atoms with Gasteiger partial charge in [0.2, 0.25) is 0 Å². The second-order valence-corrected chi connectivity index (χ2v) is 5.30. The van der Waals surface area contributed by atoms with Crippen LogP contribution in [0.15, 0.2) is 48.5 Å². The highest BCUT2D eigenvalue weighted by atomic mass is 35.5. The van der Waals surface area contributed by atoms with Gasteiger partial charge in [0.05, 0.1) is 11.4 Å². The molecule has 1 saturated heterocycles. The van der Waals surface area contributed by atoms with Crippen molar-refractivity contribution in [2.75, 3.05) is 24.1 Å². The summed E-state index contributed by atoms with van der Waals surface area (Å²) in [5.74, 6) is 0.594. The first-order valence-electron chi connectivity index (χ1n) is 7.35. The summed E-state index contributed by atoms with van der Waals surface area (Å²) in [6.45, 7) is 1.86. The lowest BCUT2D eigenvalue weighted by Crippen LogP contribution is -2.19. The number of carbonyl (C=O) groups is 1. The van der Waals surface area contributed by atoms with Gasteiger partial charge in [-0.15, -0.1) is 24.8 Å². The van der Waals surface area contributed by atoms with Crippen LogP contribution < -0.4 is 21.1 Å². The van der Waals surface area contributed by atoms with E-state index in [4.69, 9.17) is 10.5 Å². The fourth-order valence-corrected chi connectivity index (χ4v) is 2.41. The number of hydrogen-bond acceptors (Lipinski definition) is 4. The van der Waals surface area contributed by atoms with Crippen LogP contribution in [0, 0.1) is 0 Å². The monoisotopic (exact) mass is 369 g/mol. The molecule has 7 heteroatoms. The minimum atomic E-state index is -0.188. The molecule has 1 aliphatic rings. The smallest absolute Gasteiger partial charge is 0.255 e. The van der Waals surface area contributed by atoms with Crippen LogP contribution in [0.3, 0.4) is 0 Å². The Bertz CT molecular complexity index is 659. The minimum Gasteiger partial charge on any atom is -0.489 e. The molecule has 24 heavy (non-hydrogen) atoms. The van der Waals surface area contributed by atoms with Gasteiger partial charge in [-0.1, -0.05) is 12.1 Å². The summed E-state index contributed by atoms with van der Waals surface area (Å²) >= 11 is 0. The summed E-state index contributed by atoms with van der Waals surface area (Å²) in [5, 5.41) is 6.06. The number of halogens is 2. The van der Waals surface area contributed by atoms with Crippen LogP contribution >= 0.6 is 24.8 Å². The Labute approximate surface area is 153 Å². The molecule has 0 radical (unpaired) electrons. The second kappa shape index (κ2) is 9.37. The van der Waals surface area contributed by atoms with Gasteiger partial charge in [-0.2, -0.15) is 0 Å². The summed E-state index contributed by atoms with van der Waals surface area (Å²) < 4.78 is 5.83. The molecule has 1 atom stereocenters. The number of para-hydroxylation sites is 2. The molecule has 2 aromatic carbocycles. The predicted molar refractivity (Wildman–Crippen MR) is 102 cm³/mol. The highest BCUT2D eigenvalue weighted by Gasteiger charge is 2.16. The SMILES string of the molecule is Cl.Cl.Nc1ccccc1NC(=O)c1ccc(O[C@H]2CCNC2)cc1. The normalized spacial score (nSPS) is 15.8. The maximum atomic E-state index is 12.2. The van der Waals surface area contributed by atoms with Crippen molar-refractivity contribution in [1.82, 2.24) is 5.32 Å². The van der Waals surface area contributed by atoms with E-state index in [2.05, 4.69) is 10.6 Å². The molecule has 0 bridgehead atoms. The van der Waals surface area contributed by atoms with E-state index in [1.165, 1.54) is 0 Å². The van der Waals surface area contributed by atoms with Crippen molar-refractivity contribution in [2.45, 2.75) is 12.5 Å². The van der Waals surface area contributed by atoms with E-state index < -0.39 is 0 Å². The first-order valence-corrected chi connectivity index (χ1v) is 7.35. The highest BCUT2D eigenvalue weighted by molar-refractivity contribution is 6.05. The van der Waals surface area contributed by atoms with Crippen molar-refractivity contribution in [3.63, 3.8) is 0 Å². The molecule has 1 heterocycles. The van der Waals surface area contributed by atoms with E-state index in [-0.39, 0.29) is 36.8 Å². The molecular weight excluding hydrogens is 349 g/mol. The Kier molecular flexibility index (Phi) is 7.85. The Balaban J connectivity index is 0.00000144. The molecule has 2 aromatic rings. The van der Waals surface area contributed by atoms with Gasteiger partial charge >= 0.3 is 0 Å². The van der Waals surface area contributed by atoms with Gasteiger partial charge in [-0.25, -0.2) is 0 Å². The van der Waals surface area contributed by atoms with Gasteiger partial charge in [-0.3, -0.25) is 4.79 Å². The summed E-state index contributed by atoms with van der Waals surface area (Å²) in [7, 11) is 0. The van der Waals surface area contributed by atoms with Crippen LogP contribution in [0.2, 0.25) is 0 Å². The predicted octanol–water partition coefficient (Wildman–Crippen LogP) is 3.11. The number of rotatable bonds is 4. The maximum absolute atomic E-state index is 12.2. The van der Waals surface area contributed by atoms with E-state index in [1.807, 2.05) is 24.3 Å². The zero-order valence-corrected chi connectivity index (χ0v) is 14.7. The third-order valence-electron chi connectivity index (χ3n) is 3.64. The third-order valence-corrected chi connectivity index (χ3v) is 3.64. The number of carbonyl (C=O) groups excluding carboxylic acids is 1. The average Bonchev–Trinajstić information content (AvgIpc) is 3.03. The zero-order chi connectivity index (χ0) is 15.4. The summed E-state index contributed by atoms with van der Waals surface area (Å²) in [5.41, 5.74) is 7.55. The van der Waals surface area contributed by atoms with Crippen molar-refractivity contribution in [3.05, 3.63) is 54.1 Å². The molecule has 1 fully saturated rings. The summed E-state index contributed by atoms with van der Waals surface area (Å²) in [6.07, 6.45) is 1.22. The first kappa shape index (κ1) is 20.1. The quantitative estimate of drug-likeness (QED) is 0.723. The number of benzene rings is 2. The fraction of sp³-hybridized carbons (Fsp3) is 0.235. The molecular formula is C17H21Cl2N3O2. The number of nitrogens with two attached hydrogens (primary N) is 1. The van der Waals surface area contributed by atoms with Gasteiger partial charge < -0.3 is 21.1 Å². The van der Waals surface area contributed by atoms with Gasteiger partial charge in [0.25, 0.3) is 5.91 Å². The van der Waals surface area contributed by atoms with Gasteiger partial charge in [-0.05, 0) is 49.4 Å². The Morgan fingerprint density at radius 3 is 2.46 bits per heavy atom. The van der Waals surface area contributed by atoms with E-state index in [9.17, 15) is 4.79 Å². The van der Waals surface area contributed by atoms with Crippen LogP contribution in [-0.4, -0.2) is 25.1 Å². The zero-order valence-electron chi connectivity index (χ0n) is 13.0. The lowest BCUT2D eigenvalue weighted by molar-refractivity contribution is 0.102.